The van der Waals surface area contributed by atoms with Crippen molar-refractivity contribution in [2.45, 2.75) is 0 Å². The third-order valence-electron chi connectivity index (χ3n) is 4.64. The number of hydrogen-bond donors (Lipinski definition) is 4. The van der Waals surface area contributed by atoms with E-state index < -0.39 is 0 Å². The van der Waals surface area contributed by atoms with Gasteiger partial charge in [0.2, 0.25) is 5.95 Å². The summed E-state index contributed by atoms with van der Waals surface area (Å²) in [5, 5.41) is 25.3. The van der Waals surface area contributed by atoms with Gasteiger partial charge < -0.3 is 21.3 Å². The number of rotatable bonds is 8. The Bertz CT molecular complexity index is 1170. The normalized spacial score (nSPS) is 14.1. The number of pyridine rings is 1. The highest BCUT2D eigenvalue weighted by Gasteiger charge is 2.18. The highest BCUT2D eigenvalue weighted by Crippen LogP contribution is 2.34. The molecule has 0 spiro atoms. The maximum Gasteiger partial charge on any atom is 0.223 e. The molecule has 8 nitrogen and oxygen atoms in total. The molecule has 4 N–H and O–H groups in total. The van der Waals surface area contributed by atoms with Crippen molar-refractivity contribution in [3.8, 4) is 6.07 Å². The van der Waals surface area contributed by atoms with E-state index in [-0.39, 0.29) is 0 Å². The zero-order valence-corrected chi connectivity index (χ0v) is 18.3. The number of anilines is 3. The molecule has 0 fully saturated rings. The Balaban J connectivity index is 1.37. The van der Waals surface area contributed by atoms with Gasteiger partial charge in [-0.2, -0.15) is 5.26 Å². The number of hydrogen-bond acceptors (Lipinski definition) is 9. The predicted octanol–water partition coefficient (Wildman–Crippen LogP) is 3.96. The summed E-state index contributed by atoms with van der Waals surface area (Å²) in [7, 11) is 1.86. The Hall–Kier alpha value is -4.03. The molecule has 0 saturated carbocycles. The Morgan fingerprint density at radius 3 is 2.66 bits per heavy atom. The van der Waals surface area contributed by atoms with Gasteiger partial charge in [0, 0.05) is 31.7 Å². The van der Waals surface area contributed by atoms with Gasteiger partial charge in [-0.15, -0.1) is 0 Å². The average Bonchev–Trinajstić information content (AvgIpc) is 3.33. The highest BCUT2D eigenvalue weighted by molar-refractivity contribution is 8.06. The van der Waals surface area contributed by atoms with Gasteiger partial charge in [-0.25, -0.2) is 15.0 Å². The molecule has 1 aromatic carbocycles. The largest absolute Gasteiger partial charge is 0.387 e. The van der Waals surface area contributed by atoms with Crippen LogP contribution in [0.3, 0.4) is 0 Å². The molecule has 3 aromatic rings. The summed E-state index contributed by atoms with van der Waals surface area (Å²) in [5.41, 5.74) is 4.05. The lowest BCUT2D eigenvalue weighted by molar-refractivity contribution is 1.01. The third-order valence-corrected chi connectivity index (χ3v) is 5.54. The van der Waals surface area contributed by atoms with Gasteiger partial charge in [0.15, 0.2) is 0 Å². The maximum absolute atomic E-state index is 9.78. The van der Waals surface area contributed by atoms with Crippen LogP contribution in [0.15, 0.2) is 71.4 Å². The van der Waals surface area contributed by atoms with E-state index in [1.54, 1.807) is 18.5 Å². The summed E-state index contributed by atoms with van der Waals surface area (Å²) in [5.74, 6) is 1.26. The Kier molecular flexibility index (Phi) is 6.84. The number of thioether (sulfide) groups is 1. The van der Waals surface area contributed by atoms with Crippen LogP contribution in [0.1, 0.15) is 11.3 Å². The topological polar surface area (TPSA) is 111 Å². The molecule has 0 saturated heterocycles. The number of nitriles is 1. The van der Waals surface area contributed by atoms with Crippen LogP contribution in [0, 0.1) is 11.3 Å². The number of nitrogens with zero attached hydrogens (tertiary/aromatic N) is 4. The van der Waals surface area contributed by atoms with E-state index >= 15 is 0 Å². The van der Waals surface area contributed by atoms with Crippen LogP contribution >= 0.6 is 11.8 Å². The van der Waals surface area contributed by atoms with E-state index in [1.807, 2.05) is 54.9 Å². The maximum atomic E-state index is 9.78. The van der Waals surface area contributed by atoms with Crippen LogP contribution in [-0.2, 0) is 0 Å². The van der Waals surface area contributed by atoms with Gasteiger partial charge in [-0.05, 0) is 23.8 Å². The smallest absolute Gasteiger partial charge is 0.223 e. The second-order valence-electron chi connectivity index (χ2n) is 6.76. The summed E-state index contributed by atoms with van der Waals surface area (Å²) >= 11 is 1.48. The quantitative estimate of drug-likeness (QED) is 0.304. The number of allylic oxidation sites excluding steroid dienone is 1. The molecule has 9 heteroatoms. The minimum absolute atomic E-state index is 0.468. The first kappa shape index (κ1) is 21.2. The van der Waals surface area contributed by atoms with Crippen LogP contribution in [0.4, 0.5) is 17.5 Å². The van der Waals surface area contributed by atoms with E-state index in [0.717, 1.165) is 27.8 Å². The van der Waals surface area contributed by atoms with Crippen LogP contribution < -0.4 is 21.3 Å². The SMILES string of the molecule is CNc1ccc(NCCNc2nccc(/C(C#N)=C3/NC(c4ccccc4)=CS3)n2)nc1. The Morgan fingerprint density at radius 2 is 1.91 bits per heavy atom. The molecule has 4 rings (SSSR count). The zero-order chi connectivity index (χ0) is 22.2. The van der Waals surface area contributed by atoms with Crippen molar-refractivity contribution >= 4 is 40.5 Å². The summed E-state index contributed by atoms with van der Waals surface area (Å²) in [6, 6.07) is 17.9. The molecule has 0 unspecified atom stereocenters. The van der Waals surface area contributed by atoms with Crippen molar-refractivity contribution in [3.63, 3.8) is 0 Å². The number of aromatic nitrogens is 3. The lowest BCUT2D eigenvalue weighted by Crippen LogP contribution is -2.16. The average molecular weight is 443 g/mol. The van der Waals surface area contributed by atoms with Crippen molar-refractivity contribution < 1.29 is 0 Å². The standard InChI is InChI=1S/C23H22N8S/c1-25-17-7-8-21(29-14-17)26-11-12-28-23-27-10-9-19(31-23)18(13-24)22-30-20(15-32-22)16-5-3-2-4-6-16/h2-10,14-15,25,30H,11-12H2,1H3,(H,26,29)(H,27,28,31)/b22-18-. The first-order valence-corrected chi connectivity index (χ1v) is 10.9. The van der Waals surface area contributed by atoms with Gasteiger partial charge in [-0.3, -0.25) is 0 Å². The van der Waals surface area contributed by atoms with E-state index in [0.29, 0.717) is 30.3 Å². The molecule has 160 valence electrons. The molecule has 0 bridgehead atoms. The van der Waals surface area contributed by atoms with Crippen molar-refractivity contribution in [2.75, 3.05) is 36.1 Å². The van der Waals surface area contributed by atoms with E-state index in [2.05, 4.69) is 42.3 Å². The van der Waals surface area contributed by atoms with Crippen LogP contribution in [-0.4, -0.2) is 35.1 Å². The van der Waals surface area contributed by atoms with E-state index in [4.69, 9.17) is 0 Å². The second-order valence-corrected chi connectivity index (χ2v) is 7.64. The molecule has 0 aliphatic carbocycles. The second kappa shape index (κ2) is 10.3. The van der Waals surface area contributed by atoms with E-state index in [1.165, 1.54) is 11.8 Å². The monoisotopic (exact) mass is 442 g/mol. The Labute approximate surface area is 190 Å². The lowest BCUT2D eigenvalue weighted by atomic mass is 10.1. The summed E-state index contributed by atoms with van der Waals surface area (Å²) in [6.07, 6.45) is 3.42. The molecule has 2 aromatic heterocycles. The fourth-order valence-corrected chi connectivity index (χ4v) is 3.86. The molecule has 1 aliphatic rings. The predicted molar refractivity (Wildman–Crippen MR) is 130 cm³/mol. The molecule has 1 aliphatic heterocycles. The third kappa shape index (κ3) is 5.17. The van der Waals surface area contributed by atoms with Gasteiger partial charge in [0.05, 0.1) is 28.3 Å². The van der Waals surface area contributed by atoms with E-state index in [9.17, 15) is 5.26 Å². The van der Waals surface area contributed by atoms with Crippen LogP contribution in [0.2, 0.25) is 0 Å². The minimum atomic E-state index is 0.468. The highest BCUT2D eigenvalue weighted by atomic mass is 32.2. The summed E-state index contributed by atoms with van der Waals surface area (Å²) in [4.78, 5) is 13.1. The fraction of sp³-hybridized carbons (Fsp3) is 0.130. The zero-order valence-electron chi connectivity index (χ0n) is 17.5. The molecular formula is C23H22N8S. The van der Waals surface area contributed by atoms with Crippen molar-refractivity contribution in [3.05, 3.63) is 82.6 Å². The number of benzene rings is 1. The van der Waals surface area contributed by atoms with Crippen molar-refractivity contribution in [2.24, 2.45) is 0 Å². The first-order valence-electron chi connectivity index (χ1n) is 10.1. The van der Waals surface area contributed by atoms with Crippen molar-refractivity contribution in [1.29, 1.82) is 5.26 Å². The molecule has 0 radical (unpaired) electrons. The summed E-state index contributed by atoms with van der Waals surface area (Å²) in [6.45, 7) is 1.25. The van der Waals surface area contributed by atoms with Crippen LogP contribution in [0.25, 0.3) is 11.3 Å². The minimum Gasteiger partial charge on any atom is -0.387 e. The lowest BCUT2D eigenvalue weighted by Gasteiger charge is -2.10. The molecular weight excluding hydrogens is 420 g/mol. The van der Waals surface area contributed by atoms with Gasteiger partial charge in [0.1, 0.15) is 17.5 Å². The molecule has 0 amide bonds. The van der Waals surface area contributed by atoms with Crippen LogP contribution in [0.5, 0.6) is 0 Å². The first-order chi connectivity index (χ1) is 15.8. The number of nitrogens with one attached hydrogen (secondary N) is 4. The molecule has 3 heterocycles. The fourth-order valence-electron chi connectivity index (χ4n) is 3.00. The van der Waals surface area contributed by atoms with Gasteiger partial charge in [0.25, 0.3) is 0 Å². The van der Waals surface area contributed by atoms with Gasteiger partial charge >= 0.3 is 0 Å². The Morgan fingerprint density at radius 1 is 1.06 bits per heavy atom. The van der Waals surface area contributed by atoms with Crippen molar-refractivity contribution in [1.82, 2.24) is 20.3 Å². The molecule has 32 heavy (non-hydrogen) atoms. The van der Waals surface area contributed by atoms with Gasteiger partial charge in [-0.1, -0.05) is 42.1 Å². The molecule has 0 atom stereocenters. The summed E-state index contributed by atoms with van der Waals surface area (Å²) < 4.78 is 0.